The molecule has 5 nitrogen and oxygen atoms in total. The lowest BCUT2D eigenvalue weighted by atomic mass is 10.0. The summed E-state index contributed by atoms with van der Waals surface area (Å²) in [6.07, 6.45) is 6.58. The molecule has 0 bridgehead atoms. The molecule has 6 heteroatoms. The molecular weight excluding hydrogens is 412 g/mol. The molecule has 0 fully saturated rings. The van der Waals surface area contributed by atoms with Gasteiger partial charge in [-0.15, -0.1) is 0 Å². The molecule has 0 spiro atoms. The van der Waals surface area contributed by atoms with Crippen molar-refractivity contribution in [2.75, 3.05) is 7.11 Å². The predicted molar refractivity (Wildman–Crippen MR) is 124 cm³/mol. The third-order valence-electron chi connectivity index (χ3n) is 5.02. The summed E-state index contributed by atoms with van der Waals surface area (Å²) in [6.45, 7) is 6.52. The van der Waals surface area contributed by atoms with Crippen LogP contribution in [0.3, 0.4) is 0 Å². The van der Waals surface area contributed by atoms with Gasteiger partial charge in [0, 0.05) is 23.8 Å². The number of hydrogen-bond donors (Lipinski definition) is 0. The quantitative estimate of drug-likeness (QED) is 0.320. The van der Waals surface area contributed by atoms with E-state index < -0.39 is 0 Å². The van der Waals surface area contributed by atoms with Crippen LogP contribution in [-0.4, -0.2) is 22.7 Å². The molecule has 0 saturated carbocycles. The maximum atomic E-state index is 12.3. The summed E-state index contributed by atoms with van der Waals surface area (Å²) < 4.78 is 13.3. The van der Waals surface area contributed by atoms with Crippen molar-refractivity contribution in [2.45, 2.75) is 33.3 Å². The fraction of sp³-hybridized carbons (Fsp3) is 0.280. The van der Waals surface area contributed by atoms with Gasteiger partial charge in [-0.05, 0) is 59.9 Å². The Labute approximate surface area is 188 Å². The molecule has 1 aromatic heterocycles. The fourth-order valence-corrected chi connectivity index (χ4v) is 3.41. The highest BCUT2D eigenvalue weighted by atomic mass is 35.5. The monoisotopic (exact) mass is 438 g/mol. The van der Waals surface area contributed by atoms with E-state index in [-0.39, 0.29) is 11.7 Å². The highest BCUT2D eigenvalue weighted by Gasteiger charge is 2.13. The summed E-state index contributed by atoms with van der Waals surface area (Å²) in [5.74, 6) is 1.72. The molecule has 0 aliphatic rings. The van der Waals surface area contributed by atoms with Crippen LogP contribution in [0.15, 0.2) is 48.8 Å². The normalized spacial score (nSPS) is 11.3. The van der Waals surface area contributed by atoms with Crippen molar-refractivity contribution in [2.24, 2.45) is 7.05 Å². The third kappa shape index (κ3) is 5.56. The van der Waals surface area contributed by atoms with E-state index in [1.54, 1.807) is 43.4 Å². The predicted octanol–water partition coefficient (Wildman–Crippen LogP) is 5.99. The average Bonchev–Trinajstić information content (AvgIpc) is 3.18. The Hall–Kier alpha value is -3.05. The molecule has 0 atom stereocenters. The van der Waals surface area contributed by atoms with Gasteiger partial charge in [0.1, 0.15) is 18.1 Å². The number of benzene rings is 2. The highest BCUT2D eigenvalue weighted by molar-refractivity contribution is 6.31. The Morgan fingerprint density at radius 2 is 2.00 bits per heavy atom. The van der Waals surface area contributed by atoms with Crippen LogP contribution in [-0.2, 0) is 13.7 Å². The summed E-state index contributed by atoms with van der Waals surface area (Å²) in [4.78, 5) is 12.3. The number of aryl methyl sites for hydroxylation is 2. The maximum absolute atomic E-state index is 12.3. The first-order valence-electron chi connectivity index (χ1n) is 10.1. The smallest absolute Gasteiger partial charge is 0.189 e. The van der Waals surface area contributed by atoms with Crippen LogP contribution >= 0.6 is 11.6 Å². The second-order valence-electron chi connectivity index (χ2n) is 7.75. The van der Waals surface area contributed by atoms with E-state index in [1.807, 2.05) is 37.3 Å². The highest BCUT2D eigenvalue weighted by Crippen LogP contribution is 2.33. The largest absolute Gasteiger partial charge is 0.496 e. The van der Waals surface area contributed by atoms with Gasteiger partial charge in [-0.25, -0.2) is 0 Å². The molecule has 162 valence electrons. The molecule has 2 aromatic carbocycles. The number of ketones is 1. The Kier molecular flexibility index (Phi) is 7.18. The van der Waals surface area contributed by atoms with Crippen molar-refractivity contribution in [1.82, 2.24) is 9.78 Å². The number of hydrogen-bond acceptors (Lipinski definition) is 4. The summed E-state index contributed by atoms with van der Waals surface area (Å²) in [5, 5.41) is 4.77. The Bertz CT molecular complexity index is 1120. The fourth-order valence-electron chi connectivity index (χ4n) is 3.23. The molecule has 0 amide bonds. The second kappa shape index (κ2) is 9.84. The first-order valence-corrected chi connectivity index (χ1v) is 10.5. The summed E-state index contributed by atoms with van der Waals surface area (Å²) in [7, 11) is 3.41. The number of carbonyl (C=O) groups is 1. The molecular formula is C25H27ClN2O3. The van der Waals surface area contributed by atoms with Crippen molar-refractivity contribution < 1.29 is 14.3 Å². The van der Waals surface area contributed by atoms with Gasteiger partial charge >= 0.3 is 0 Å². The first-order chi connectivity index (χ1) is 14.8. The van der Waals surface area contributed by atoms with E-state index in [9.17, 15) is 4.79 Å². The van der Waals surface area contributed by atoms with Crippen LogP contribution in [0.25, 0.3) is 6.08 Å². The van der Waals surface area contributed by atoms with Crippen molar-refractivity contribution in [1.29, 1.82) is 0 Å². The first kappa shape index (κ1) is 22.6. The van der Waals surface area contributed by atoms with Crippen molar-refractivity contribution in [3.05, 3.63) is 81.6 Å². The van der Waals surface area contributed by atoms with Crippen LogP contribution in [0.1, 0.15) is 52.4 Å². The molecule has 3 rings (SSSR count). The van der Waals surface area contributed by atoms with Crippen LogP contribution in [0.2, 0.25) is 5.02 Å². The zero-order chi connectivity index (χ0) is 22.5. The van der Waals surface area contributed by atoms with E-state index in [1.165, 1.54) is 0 Å². The van der Waals surface area contributed by atoms with Crippen LogP contribution in [0.4, 0.5) is 0 Å². The zero-order valence-corrected chi connectivity index (χ0v) is 19.2. The lowest BCUT2D eigenvalue weighted by Gasteiger charge is -2.17. The standard InChI is InChI=1S/C25H27ClN2O3/c1-16(2)21-12-22(26)17(3)10-25(21)31-15-19-11-18(7-9-24(19)30-5)6-8-23(29)20-13-27-28(4)14-20/h6-14,16H,15H2,1-5H3/b8-6+. The molecule has 0 aliphatic carbocycles. The van der Waals surface area contributed by atoms with Crippen LogP contribution in [0, 0.1) is 6.92 Å². The van der Waals surface area contributed by atoms with Gasteiger partial charge in [-0.2, -0.15) is 5.10 Å². The van der Waals surface area contributed by atoms with Gasteiger partial charge in [0.25, 0.3) is 0 Å². The summed E-state index contributed by atoms with van der Waals surface area (Å²) in [5.41, 5.74) is 4.36. The second-order valence-corrected chi connectivity index (χ2v) is 8.16. The SMILES string of the molecule is COc1ccc(/C=C/C(=O)c2cnn(C)c2)cc1COc1cc(C)c(Cl)cc1C(C)C. The van der Waals surface area contributed by atoms with E-state index >= 15 is 0 Å². The molecule has 0 saturated heterocycles. The third-order valence-corrected chi connectivity index (χ3v) is 5.42. The summed E-state index contributed by atoms with van der Waals surface area (Å²) >= 11 is 6.31. The Balaban J connectivity index is 1.81. The van der Waals surface area contributed by atoms with Gasteiger partial charge in [0.15, 0.2) is 5.78 Å². The number of aromatic nitrogens is 2. The van der Waals surface area contributed by atoms with Crippen molar-refractivity contribution in [3.63, 3.8) is 0 Å². The lowest BCUT2D eigenvalue weighted by molar-refractivity contribution is 0.104. The van der Waals surface area contributed by atoms with E-state index in [0.717, 1.165) is 38.8 Å². The van der Waals surface area contributed by atoms with Gasteiger partial charge in [-0.3, -0.25) is 9.48 Å². The number of nitrogens with zero attached hydrogens (tertiary/aromatic N) is 2. The molecule has 0 N–H and O–H groups in total. The van der Waals surface area contributed by atoms with Crippen molar-refractivity contribution in [3.8, 4) is 11.5 Å². The lowest BCUT2D eigenvalue weighted by Crippen LogP contribution is -2.03. The van der Waals surface area contributed by atoms with Crippen LogP contribution < -0.4 is 9.47 Å². The molecule has 0 unspecified atom stereocenters. The Morgan fingerprint density at radius 1 is 1.23 bits per heavy atom. The molecule has 31 heavy (non-hydrogen) atoms. The molecule has 0 aliphatic heterocycles. The van der Waals surface area contributed by atoms with Gasteiger partial charge < -0.3 is 9.47 Å². The number of carbonyl (C=O) groups excluding carboxylic acids is 1. The average molecular weight is 439 g/mol. The van der Waals surface area contributed by atoms with E-state index in [4.69, 9.17) is 21.1 Å². The van der Waals surface area contributed by atoms with E-state index in [0.29, 0.717) is 12.2 Å². The number of halogens is 1. The minimum Gasteiger partial charge on any atom is -0.496 e. The van der Waals surface area contributed by atoms with E-state index in [2.05, 4.69) is 18.9 Å². The van der Waals surface area contributed by atoms with Crippen molar-refractivity contribution >= 4 is 23.5 Å². The van der Waals surface area contributed by atoms with Gasteiger partial charge in [0.05, 0.1) is 18.9 Å². The Morgan fingerprint density at radius 3 is 2.65 bits per heavy atom. The number of methoxy groups -OCH3 is 1. The maximum Gasteiger partial charge on any atom is 0.189 e. The van der Waals surface area contributed by atoms with Gasteiger partial charge in [0.2, 0.25) is 0 Å². The minimum absolute atomic E-state index is 0.0973. The number of allylic oxidation sites excluding steroid dienone is 1. The number of rotatable bonds is 8. The van der Waals surface area contributed by atoms with Crippen LogP contribution in [0.5, 0.6) is 11.5 Å². The van der Waals surface area contributed by atoms with Gasteiger partial charge in [-0.1, -0.05) is 37.6 Å². The molecule has 0 radical (unpaired) electrons. The molecule has 3 aromatic rings. The molecule has 1 heterocycles. The topological polar surface area (TPSA) is 53.3 Å². The summed E-state index contributed by atoms with van der Waals surface area (Å²) in [6, 6.07) is 9.69. The minimum atomic E-state index is -0.0973. The number of ether oxygens (including phenoxy) is 2. The zero-order valence-electron chi connectivity index (χ0n) is 18.5.